The molecule has 1 amide bonds. The number of rotatable bonds is 5. The summed E-state index contributed by atoms with van der Waals surface area (Å²) in [5.41, 5.74) is 2.89. The van der Waals surface area contributed by atoms with Crippen molar-refractivity contribution in [1.82, 2.24) is 30.0 Å². The zero-order chi connectivity index (χ0) is 24.5. The van der Waals surface area contributed by atoms with Crippen LogP contribution >= 0.6 is 0 Å². The highest BCUT2D eigenvalue weighted by molar-refractivity contribution is 5.88. The maximum absolute atomic E-state index is 14.0. The Bertz CT molecular complexity index is 1370. The van der Waals surface area contributed by atoms with Gasteiger partial charge in [-0.1, -0.05) is 23.8 Å². The van der Waals surface area contributed by atoms with E-state index >= 15 is 0 Å². The Kier molecular flexibility index (Phi) is 6.12. The molecule has 2 aromatic carbocycles. The van der Waals surface area contributed by atoms with Crippen molar-refractivity contribution in [3.8, 4) is 5.69 Å². The van der Waals surface area contributed by atoms with E-state index in [4.69, 9.17) is 0 Å². The summed E-state index contributed by atoms with van der Waals surface area (Å²) in [5, 5.41) is 8.18. The fourth-order valence-corrected chi connectivity index (χ4v) is 4.22. The Balaban J connectivity index is 1.35. The molecule has 1 unspecified atom stereocenters. The van der Waals surface area contributed by atoms with Gasteiger partial charge in [-0.15, -0.1) is 5.10 Å². The molecular formula is C25H25F2N7O. The van der Waals surface area contributed by atoms with Gasteiger partial charge in [0.25, 0.3) is 0 Å². The predicted octanol–water partition coefficient (Wildman–Crippen LogP) is 2.84. The van der Waals surface area contributed by atoms with Crippen molar-refractivity contribution in [2.24, 2.45) is 0 Å². The first-order chi connectivity index (χ1) is 16.9. The van der Waals surface area contributed by atoms with Gasteiger partial charge in [-0.3, -0.25) is 9.69 Å². The number of piperazine rings is 1. The number of anilines is 1. The van der Waals surface area contributed by atoms with E-state index in [1.165, 1.54) is 18.5 Å². The largest absolute Gasteiger partial charge is 0.353 e. The lowest BCUT2D eigenvalue weighted by Crippen LogP contribution is -2.57. The van der Waals surface area contributed by atoms with Gasteiger partial charge in [0.2, 0.25) is 5.91 Å². The molecule has 5 rings (SSSR count). The van der Waals surface area contributed by atoms with E-state index in [9.17, 15) is 13.6 Å². The van der Waals surface area contributed by atoms with Crippen molar-refractivity contribution < 1.29 is 13.6 Å². The fraction of sp³-hybridized carbons (Fsp3) is 0.280. The number of hydrogen-bond donors (Lipinski definition) is 1. The lowest BCUT2D eigenvalue weighted by molar-refractivity contribution is -0.126. The number of hydrogen-bond acceptors (Lipinski definition) is 6. The van der Waals surface area contributed by atoms with Crippen LogP contribution in [0.2, 0.25) is 0 Å². The van der Waals surface area contributed by atoms with Gasteiger partial charge in [0.1, 0.15) is 29.8 Å². The second-order valence-electron chi connectivity index (χ2n) is 8.74. The van der Waals surface area contributed by atoms with Crippen LogP contribution in [0.25, 0.3) is 16.7 Å². The van der Waals surface area contributed by atoms with Crippen LogP contribution in [0.15, 0.2) is 55.0 Å². The molecule has 0 saturated carbocycles. The molecule has 1 aliphatic heterocycles. The van der Waals surface area contributed by atoms with Crippen LogP contribution in [-0.2, 0) is 11.3 Å². The van der Waals surface area contributed by atoms with Crippen molar-refractivity contribution in [2.75, 3.05) is 31.6 Å². The molecule has 0 radical (unpaired) electrons. The van der Waals surface area contributed by atoms with Gasteiger partial charge < -0.3 is 10.2 Å². The molecule has 8 nitrogen and oxygen atoms in total. The summed E-state index contributed by atoms with van der Waals surface area (Å²) >= 11 is 0. The number of nitrogens with zero attached hydrogens (tertiary/aromatic N) is 6. The number of nitrogens with one attached hydrogen (secondary N) is 1. The Labute approximate surface area is 201 Å². The lowest BCUT2D eigenvalue weighted by atomic mass is 10.1. The van der Waals surface area contributed by atoms with Gasteiger partial charge in [0.15, 0.2) is 5.65 Å². The van der Waals surface area contributed by atoms with E-state index in [2.05, 4.69) is 20.4 Å². The van der Waals surface area contributed by atoms with Crippen molar-refractivity contribution in [1.29, 1.82) is 0 Å². The van der Waals surface area contributed by atoms with E-state index in [0.29, 0.717) is 31.1 Å². The van der Waals surface area contributed by atoms with Crippen LogP contribution in [-0.4, -0.2) is 63.3 Å². The molecule has 2 aromatic heterocycles. The molecule has 1 N–H and O–H groups in total. The minimum atomic E-state index is -0.683. The van der Waals surface area contributed by atoms with Gasteiger partial charge >= 0.3 is 0 Å². The molecule has 0 aliphatic carbocycles. The molecule has 1 fully saturated rings. The number of carbonyl (C=O) groups excluding carboxylic acids is 1. The molecule has 4 aromatic rings. The van der Waals surface area contributed by atoms with E-state index in [-0.39, 0.29) is 18.0 Å². The van der Waals surface area contributed by atoms with E-state index in [1.54, 1.807) is 4.68 Å². The van der Waals surface area contributed by atoms with Crippen molar-refractivity contribution in [3.63, 3.8) is 0 Å². The second kappa shape index (κ2) is 9.38. The molecule has 180 valence electrons. The van der Waals surface area contributed by atoms with Gasteiger partial charge in [-0.25, -0.2) is 23.4 Å². The van der Waals surface area contributed by atoms with Crippen molar-refractivity contribution >= 4 is 22.8 Å². The summed E-state index contributed by atoms with van der Waals surface area (Å²) in [5.74, 6) is -0.856. The first-order valence-corrected chi connectivity index (χ1v) is 11.3. The first kappa shape index (κ1) is 22.9. The minimum absolute atomic E-state index is 0.0175. The highest BCUT2D eigenvalue weighted by Gasteiger charge is 2.31. The number of halogens is 2. The molecule has 10 heteroatoms. The van der Waals surface area contributed by atoms with Crippen LogP contribution in [0.5, 0.6) is 0 Å². The second-order valence-corrected chi connectivity index (χ2v) is 8.74. The molecule has 35 heavy (non-hydrogen) atoms. The third kappa shape index (κ3) is 4.69. The van der Waals surface area contributed by atoms with Crippen LogP contribution in [0, 0.1) is 18.6 Å². The van der Waals surface area contributed by atoms with Gasteiger partial charge in [-0.05, 0) is 32.2 Å². The molecule has 0 bridgehead atoms. The monoisotopic (exact) mass is 477 g/mol. The summed E-state index contributed by atoms with van der Waals surface area (Å²) in [4.78, 5) is 25.8. The van der Waals surface area contributed by atoms with Crippen LogP contribution in [0.4, 0.5) is 14.6 Å². The number of aromatic nitrogens is 4. The van der Waals surface area contributed by atoms with E-state index in [0.717, 1.165) is 22.7 Å². The number of carbonyl (C=O) groups is 1. The summed E-state index contributed by atoms with van der Waals surface area (Å²) in [6.07, 6.45) is 3.38. The SMILES string of the molecule is Cc1ccc(-n2cc3c(N4CCN(C)C(C(=O)NCc5ccc(F)cc5F)C4)ncnc3n2)cc1. The summed E-state index contributed by atoms with van der Waals surface area (Å²) in [7, 11) is 1.88. The smallest absolute Gasteiger partial charge is 0.239 e. The number of amides is 1. The quantitative estimate of drug-likeness (QED) is 0.476. The van der Waals surface area contributed by atoms with Gasteiger partial charge in [0.05, 0.1) is 11.1 Å². The average Bonchev–Trinajstić information content (AvgIpc) is 3.29. The Morgan fingerprint density at radius 2 is 1.91 bits per heavy atom. The maximum Gasteiger partial charge on any atom is 0.239 e. The summed E-state index contributed by atoms with van der Waals surface area (Å²) < 4.78 is 28.9. The number of benzene rings is 2. The molecule has 3 heterocycles. The van der Waals surface area contributed by atoms with Crippen molar-refractivity contribution in [2.45, 2.75) is 19.5 Å². The minimum Gasteiger partial charge on any atom is -0.353 e. The Morgan fingerprint density at radius 3 is 2.69 bits per heavy atom. The topological polar surface area (TPSA) is 79.2 Å². The lowest BCUT2D eigenvalue weighted by Gasteiger charge is -2.39. The highest BCUT2D eigenvalue weighted by Crippen LogP contribution is 2.26. The number of fused-ring (bicyclic) bond motifs is 1. The molecule has 0 spiro atoms. The third-order valence-corrected chi connectivity index (χ3v) is 6.31. The van der Waals surface area contributed by atoms with E-state index in [1.807, 2.05) is 54.2 Å². The Morgan fingerprint density at radius 1 is 1.11 bits per heavy atom. The predicted molar refractivity (Wildman–Crippen MR) is 128 cm³/mol. The standard InChI is InChI=1S/C25H25F2N7O/c1-16-3-7-19(8-4-16)34-13-20-23(31-34)29-15-30-24(20)33-10-9-32(2)22(14-33)25(35)28-12-17-5-6-18(26)11-21(17)27/h3-8,11,13,15,22H,9-10,12,14H2,1-2H3,(H,28,35). The molecular weight excluding hydrogens is 452 g/mol. The zero-order valence-electron chi connectivity index (χ0n) is 19.4. The summed E-state index contributed by atoms with van der Waals surface area (Å²) in [6.45, 7) is 3.73. The normalized spacial score (nSPS) is 16.6. The average molecular weight is 478 g/mol. The van der Waals surface area contributed by atoms with Gasteiger partial charge in [0, 0.05) is 44.0 Å². The van der Waals surface area contributed by atoms with Crippen LogP contribution in [0.1, 0.15) is 11.1 Å². The molecule has 1 aliphatic rings. The zero-order valence-corrected chi connectivity index (χ0v) is 19.4. The van der Waals surface area contributed by atoms with Crippen LogP contribution < -0.4 is 10.2 Å². The summed E-state index contributed by atoms with van der Waals surface area (Å²) in [6, 6.07) is 10.9. The number of aryl methyl sites for hydroxylation is 1. The van der Waals surface area contributed by atoms with Gasteiger partial charge in [-0.2, -0.15) is 0 Å². The van der Waals surface area contributed by atoms with Crippen molar-refractivity contribution in [3.05, 3.63) is 77.8 Å². The Hall–Kier alpha value is -3.92. The first-order valence-electron chi connectivity index (χ1n) is 11.3. The fourth-order valence-electron chi connectivity index (χ4n) is 4.22. The molecule has 1 atom stereocenters. The third-order valence-electron chi connectivity index (χ3n) is 6.31. The highest BCUT2D eigenvalue weighted by atomic mass is 19.1. The maximum atomic E-state index is 14.0. The number of likely N-dealkylation sites (N-methyl/N-ethyl adjacent to an activating group) is 1. The molecule has 1 saturated heterocycles. The van der Waals surface area contributed by atoms with E-state index < -0.39 is 17.7 Å². The van der Waals surface area contributed by atoms with Crippen LogP contribution in [0.3, 0.4) is 0 Å².